The first-order chi connectivity index (χ1) is 10.1. The third kappa shape index (κ3) is 7.65. The number of nitrogens with one attached hydrogen (secondary N) is 2. The Morgan fingerprint density at radius 1 is 1.00 bits per heavy atom. The third-order valence-electron chi connectivity index (χ3n) is 4.41. The van der Waals surface area contributed by atoms with E-state index < -0.39 is 0 Å². The lowest BCUT2D eigenvalue weighted by atomic mass is 9.89. The van der Waals surface area contributed by atoms with Crippen LogP contribution in [0.3, 0.4) is 0 Å². The second-order valence-electron chi connectivity index (χ2n) is 6.66. The standard InChI is InChI=1S/C16H30N4O.HI/c1-20(2)15(21)12-19-16(18-11-14-8-9-14)17-10-13-6-4-3-5-7-13;/h13-14H,3-12H2,1-2H3,(H2,17,18,19);1H. The quantitative estimate of drug-likeness (QED) is 0.392. The number of hydrogen-bond donors (Lipinski definition) is 2. The highest BCUT2D eigenvalue weighted by molar-refractivity contribution is 14.0. The van der Waals surface area contributed by atoms with Crippen LogP contribution in [-0.4, -0.2) is 50.5 Å². The molecule has 1 amide bonds. The first-order valence-corrected chi connectivity index (χ1v) is 8.37. The Bertz CT molecular complexity index is 363. The minimum Gasteiger partial charge on any atom is -0.356 e. The van der Waals surface area contributed by atoms with Gasteiger partial charge in [-0.15, -0.1) is 24.0 Å². The van der Waals surface area contributed by atoms with E-state index in [2.05, 4.69) is 15.6 Å². The molecule has 0 radical (unpaired) electrons. The number of nitrogens with zero attached hydrogens (tertiary/aromatic N) is 2. The first-order valence-electron chi connectivity index (χ1n) is 8.37. The number of guanidine groups is 1. The van der Waals surface area contributed by atoms with Crippen LogP contribution in [-0.2, 0) is 4.79 Å². The van der Waals surface area contributed by atoms with E-state index in [-0.39, 0.29) is 36.4 Å². The van der Waals surface area contributed by atoms with E-state index in [1.165, 1.54) is 44.9 Å². The van der Waals surface area contributed by atoms with Crippen LogP contribution in [0.25, 0.3) is 0 Å². The summed E-state index contributed by atoms with van der Waals surface area (Å²) in [5.41, 5.74) is 0. The molecule has 0 spiro atoms. The van der Waals surface area contributed by atoms with Crippen LogP contribution in [0.4, 0.5) is 0 Å². The van der Waals surface area contributed by atoms with Crippen LogP contribution in [0, 0.1) is 11.8 Å². The summed E-state index contributed by atoms with van der Waals surface area (Å²) >= 11 is 0. The first kappa shape index (κ1) is 19.5. The molecule has 2 rings (SSSR count). The van der Waals surface area contributed by atoms with Crippen molar-refractivity contribution in [3.8, 4) is 0 Å². The normalized spacial score (nSPS) is 19.3. The smallest absolute Gasteiger partial charge is 0.243 e. The van der Waals surface area contributed by atoms with E-state index in [1.54, 1.807) is 19.0 Å². The molecular weight excluding hydrogens is 391 g/mol. The molecule has 0 unspecified atom stereocenters. The molecule has 0 heterocycles. The lowest BCUT2D eigenvalue weighted by molar-refractivity contribution is -0.127. The van der Waals surface area contributed by atoms with Gasteiger partial charge in [-0.05, 0) is 37.5 Å². The molecule has 0 aliphatic heterocycles. The van der Waals surface area contributed by atoms with Gasteiger partial charge in [0.2, 0.25) is 5.91 Å². The lowest BCUT2D eigenvalue weighted by Gasteiger charge is -2.23. The molecule has 2 N–H and O–H groups in total. The maximum absolute atomic E-state index is 11.7. The molecule has 128 valence electrons. The second-order valence-corrected chi connectivity index (χ2v) is 6.66. The van der Waals surface area contributed by atoms with E-state index in [9.17, 15) is 4.79 Å². The summed E-state index contributed by atoms with van der Waals surface area (Å²) < 4.78 is 0. The summed E-state index contributed by atoms with van der Waals surface area (Å²) in [6, 6.07) is 0. The number of carbonyl (C=O) groups excluding carboxylic acids is 1. The highest BCUT2D eigenvalue weighted by Crippen LogP contribution is 2.27. The predicted octanol–water partition coefficient (Wildman–Crippen LogP) is 2.22. The van der Waals surface area contributed by atoms with Gasteiger partial charge in [0.25, 0.3) is 0 Å². The van der Waals surface area contributed by atoms with Gasteiger partial charge in [0.05, 0.1) is 0 Å². The number of aliphatic imine (C=N–C) groups is 1. The Labute approximate surface area is 151 Å². The summed E-state index contributed by atoms with van der Waals surface area (Å²) in [5.74, 6) is 2.41. The molecule has 5 nitrogen and oxygen atoms in total. The maximum atomic E-state index is 11.7. The summed E-state index contributed by atoms with van der Waals surface area (Å²) in [7, 11) is 3.54. The summed E-state index contributed by atoms with van der Waals surface area (Å²) in [4.78, 5) is 17.7. The van der Waals surface area contributed by atoms with Crippen LogP contribution in [0.15, 0.2) is 4.99 Å². The zero-order valence-corrected chi connectivity index (χ0v) is 16.3. The molecule has 2 aliphatic carbocycles. The van der Waals surface area contributed by atoms with Gasteiger partial charge in [0, 0.05) is 27.2 Å². The molecule has 6 heteroatoms. The van der Waals surface area contributed by atoms with Gasteiger partial charge in [-0.25, -0.2) is 4.99 Å². The van der Waals surface area contributed by atoms with E-state index in [0.29, 0.717) is 0 Å². The summed E-state index contributed by atoms with van der Waals surface area (Å²) in [6.45, 7) is 2.18. The third-order valence-corrected chi connectivity index (χ3v) is 4.41. The monoisotopic (exact) mass is 422 g/mol. The van der Waals surface area contributed by atoms with E-state index in [0.717, 1.165) is 30.9 Å². The number of hydrogen-bond acceptors (Lipinski definition) is 2. The van der Waals surface area contributed by atoms with Gasteiger partial charge in [-0.1, -0.05) is 19.3 Å². The summed E-state index contributed by atoms with van der Waals surface area (Å²) in [6.07, 6.45) is 9.37. The SMILES string of the molecule is CN(C)C(=O)CN=C(NCC1CCCCC1)NCC1CC1.I. The Hall–Kier alpha value is -0.530. The molecule has 0 bridgehead atoms. The van der Waals surface area contributed by atoms with Crippen molar-refractivity contribution in [3.05, 3.63) is 0 Å². The molecule has 0 saturated heterocycles. The molecule has 22 heavy (non-hydrogen) atoms. The zero-order chi connectivity index (χ0) is 15.1. The van der Waals surface area contributed by atoms with Gasteiger partial charge in [-0.3, -0.25) is 4.79 Å². The van der Waals surface area contributed by atoms with Crippen molar-refractivity contribution in [3.63, 3.8) is 0 Å². The van der Waals surface area contributed by atoms with E-state index in [1.807, 2.05) is 0 Å². The van der Waals surface area contributed by atoms with E-state index >= 15 is 0 Å². The average molecular weight is 422 g/mol. The molecule has 2 fully saturated rings. The molecule has 2 aliphatic rings. The van der Waals surface area contributed by atoms with Crippen LogP contribution < -0.4 is 10.6 Å². The van der Waals surface area contributed by atoms with Gasteiger partial charge in [0.1, 0.15) is 6.54 Å². The molecule has 0 aromatic rings. The van der Waals surface area contributed by atoms with Crippen LogP contribution >= 0.6 is 24.0 Å². The minimum atomic E-state index is 0. The van der Waals surface area contributed by atoms with Crippen molar-refractivity contribution in [2.45, 2.75) is 44.9 Å². The molecule has 0 atom stereocenters. The van der Waals surface area contributed by atoms with Gasteiger partial charge in [0.15, 0.2) is 5.96 Å². The Morgan fingerprint density at radius 2 is 1.55 bits per heavy atom. The minimum absolute atomic E-state index is 0. The summed E-state index contributed by atoms with van der Waals surface area (Å²) in [5, 5.41) is 6.82. The Morgan fingerprint density at radius 3 is 2.05 bits per heavy atom. The fourth-order valence-corrected chi connectivity index (χ4v) is 2.66. The number of carbonyl (C=O) groups is 1. The topological polar surface area (TPSA) is 56.7 Å². The van der Waals surface area contributed by atoms with Crippen molar-refractivity contribution in [2.24, 2.45) is 16.8 Å². The van der Waals surface area contributed by atoms with Gasteiger partial charge in [-0.2, -0.15) is 0 Å². The second kappa shape index (κ2) is 10.3. The zero-order valence-electron chi connectivity index (χ0n) is 13.9. The average Bonchev–Trinajstić information content (AvgIpc) is 3.31. The maximum Gasteiger partial charge on any atom is 0.243 e. The Balaban J connectivity index is 0.00000242. The van der Waals surface area contributed by atoms with Crippen molar-refractivity contribution in [1.29, 1.82) is 0 Å². The van der Waals surface area contributed by atoms with Gasteiger partial charge >= 0.3 is 0 Å². The lowest BCUT2D eigenvalue weighted by Crippen LogP contribution is -2.41. The molecular formula is C16H31IN4O. The van der Waals surface area contributed by atoms with Crippen molar-refractivity contribution in [1.82, 2.24) is 15.5 Å². The van der Waals surface area contributed by atoms with Crippen LogP contribution in [0.1, 0.15) is 44.9 Å². The van der Waals surface area contributed by atoms with Crippen molar-refractivity contribution in [2.75, 3.05) is 33.7 Å². The highest BCUT2D eigenvalue weighted by Gasteiger charge is 2.21. The fraction of sp³-hybridized carbons (Fsp3) is 0.875. The van der Waals surface area contributed by atoms with Gasteiger partial charge < -0.3 is 15.5 Å². The van der Waals surface area contributed by atoms with Crippen LogP contribution in [0.5, 0.6) is 0 Å². The number of halogens is 1. The largest absolute Gasteiger partial charge is 0.356 e. The van der Waals surface area contributed by atoms with E-state index in [4.69, 9.17) is 0 Å². The highest BCUT2D eigenvalue weighted by atomic mass is 127. The van der Waals surface area contributed by atoms with Crippen molar-refractivity contribution < 1.29 is 4.79 Å². The molecule has 0 aromatic heterocycles. The fourth-order valence-electron chi connectivity index (χ4n) is 2.66. The number of rotatable bonds is 6. The number of likely N-dealkylation sites (N-methyl/N-ethyl adjacent to an activating group) is 1. The van der Waals surface area contributed by atoms with Crippen molar-refractivity contribution >= 4 is 35.8 Å². The predicted molar refractivity (Wildman–Crippen MR) is 102 cm³/mol. The molecule has 2 saturated carbocycles. The molecule has 0 aromatic carbocycles. The van der Waals surface area contributed by atoms with Crippen LogP contribution in [0.2, 0.25) is 0 Å². The Kier molecular flexibility index (Phi) is 9.12. The number of amides is 1.